The van der Waals surface area contributed by atoms with Crippen molar-refractivity contribution in [1.29, 1.82) is 0 Å². The number of amides is 1. The molecule has 1 fully saturated rings. The number of nitrogen functional groups attached to an aromatic ring is 1. The highest BCUT2D eigenvalue weighted by molar-refractivity contribution is 7.14. The fourth-order valence-electron chi connectivity index (χ4n) is 2.08. The zero-order valence-corrected chi connectivity index (χ0v) is 10.7. The van der Waals surface area contributed by atoms with Crippen molar-refractivity contribution in [3.8, 4) is 0 Å². The Morgan fingerprint density at radius 3 is 2.65 bits per heavy atom. The zero-order valence-electron chi connectivity index (χ0n) is 9.90. The summed E-state index contributed by atoms with van der Waals surface area (Å²) in [6, 6.07) is 1.92. The lowest BCUT2D eigenvalue weighted by Gasteiger charge is -2.25. The van der Waals surface area contributed by atoms with Gasteiger partial charge < -0.3 is 16.2 Å². The van der Waals surface area contributed by atoms with Gasteiger partial charge >= 0.3 is 0 Å². The molecule has 0 aliphatic heterocycles. The molecule has 1 saturated carbocycles. The van der Waals surface area contributed by atoms with Crippen molar-refractivity contribution in [3.05, 3.63) is 15.8 Å². The molecule has 1 aliphatic carbocycles. The maximum Gasteiger partial charge on any atom is 0.261 e. The largest absolute Gasteiger partial charge is 0.398 e. The molecule has 94 valence electrons. The Kier molecular flexibility index (Phi) is 3.69. The monoisotopic (exact) mass is 254 g/mol. The summed E-state index contributed by atoms with van der Waals surface area (Å²) in [5, 5.41) is 12.4. The maximum absolute atomic E-state index is 11.9. The predicted octanol–water partition coefficient (Wildman–Crippen LogP) is 1.67. The lowest BCUT2D eigenvalue weighted by atomic mass is 9.93. The summed E-state index contributed by atoms with van der Waals surface area (Å²) >= 11 is 1.43. The van der Waals surface area contributed by atoms with Crippen LogP contribution in [0.3, 0.4) is 0 Å². The average Bonchev–Trinajstić information content (AvgIpc) is 2.63. The first-order valence-electron chi connectivity index (χ1n) is 5.91. The van der Waals surface area contributed by atoms with E-state index in [-0.39, 0.29) is 18.1 Å². The van der Waals surface area contributed by atoms with Gasteiger partial charge in [-0.15, -0.1) is 11.3 Å². The summed E-state index contributed by atoms with van der Waals surface area (Å²) in [6.45, 7) is 1.91. The first-order valence-corrected chi connectivity index (χ1v) is 6.72. The van der Waals surface area contributed by atoms with Gasteiger partial charge in [0.1, 0.15) is 0 Å². The number of rotatable bonds is 2. The van der Waals surface area contributed by atoms with Crippen molar-refractivity contribution >= 4 is 22.9 Å². The molecule has 5 heteroatoms. The van der Waals surface area contributed by atoms with E-state index in [0.717, 1.165) is 30.6 Å². The van der Waals surface area contributed by atoms with Crippen LogP contribution in [0, 0.1) is 6.92 Å². The minimum absolute atomic E-state index is 0.0452. The molecule has 1 amide bonds. The summed E-state index contributed by atoms with van der Waals surface area (Å²) < 4.78 is 0. The quantitative estimate of drug-likeness (QED) is 0.751. The highest BCUT2D eigenvalue weighted by Gasteiger charge is 2.22. The second-order valence-corrected chi connectivity index (χ2v) is 5.86. The Bertz CT molecular complexity index is 389. The molecule has 4 N–H and O–H groups in total. The Labute approximate surface area is 105 Å². The fraction of sp³-hybridized carbons (Fsp3) is 0.583. The second kappa shape index (κ2) is 5.06. The Balaban J connectivity index is 1.93. The third kappa shape index (κ3) is 2.98. The number of thiophene rings is 1. The Morgan fingerprint density at radius 2 is 2.12 bits per heavy atom. The van der Waals surface area contributed by atoms with E-state index in [4.69, 9.17) is 5.73 Å². The van der Waals surface area contributed by atoms with Gasteiger partial charge in [0.15, 0.2) is 0 Å². The number of aliphatic hydroxyl groups is 1. The van der Waals surface area contributed by atoms with E-state index in [1.54, 1.807) is 6.07 Å². The van der Waals surface area contributed by atoms with Crippen molar-refractivity contribution in [2.75, 3.05) is 5.73 Å². The minimum atomic E-state index is -0.192. The lowest BCUT2D eigenvalue weighted by molar-refractivity contribution is 0.0871. The Hall–Kier alpha value is -1.07. The molecule has 2 rings (SSSR count). The molecule has 4 nitrogen and oxygen atoms in total. The molecule has 17 heavy (non-hydrogen) atoms. The Morgan fingerprint density at radius 1 is 1.47 bits per heavy atom. The molecule has 0 aromatic carbocycles. The third-order valence-electron chi connectivity index (χ3n) is 3.21. The molecular formula is C12H18N2O2S. The summed E-state index contributed by atoms with van der Waals surface area (Å²) in [4.78, 5) is 13.6. The number of hydrogen-bond acceptors (Lipinski definition) is 4. The summed E-state index contributed by atoms with van der Waals surface area (Å²) in [7, 11) is 0. The molecule has 0 unspecified atom stereocenters. The summed E-state index contributed by atoms with van der Waals surface area (Å²) in [5.74, 6) is -0.0452. The van der Waals surface area contributed by atoms with Crippen LogP contribution in [0.5, 0.6) is 0 Å². The smallest absolute Gasteiger partial charge is 0.261 e. The number of carbonyl (C=O) groups is 1. The molecule has 1 aromatic rings. The molecular weight excluding hydrogens is 236 g/mol. The third-order valence-corrected chi connectivity index (χ3v) is 4.28. The number of hydrogen-bond donors (Lipinski definition) is 3. The van der Waals surface area contributed by atoms with Gasteiger partial charge in [-0.05, 0) is 38.7 Å². The van der Waals surface area contributed by atoms with Crippen molar-refractivity contribution in [2.45, 2.75) is 44.8 Å². The van der Waals surface area contributed by atoms with E-state index >= 15 is 0 Å². The van der Waals surface area contributed by atoms with Gasteiger partial charge in [-0.25, -0.2) is 0 Å². The van der Waals surface area contributed by atoms with Crippen molar-refractivity contribution in [1.82, 2.24) is 5.32 Å². The first kappa shape index (κ1) is 12.4. The number of carbonyl (C=O) groups excluding carboxylic acids is 1. The fourth-order valence-corrected chi connectivity index (χ4v) is 2.93. The van der Waals surface area contributed by atoms with Gasteiger partial charge in [-0.2, -0.15) is 0 Å². The normalized spacial score (nSPS) is 24.6. The molecule has 0 bridgehead atoms. The van der Waals surface area contributed by atoms with Gasteiger partial charge in [0.2, 0.25) is 0 Å². The van der Waals surface area contributed by atoms with Crippen LogP contribution in [0.15, 0.2) is 6.07 Å². The van der Waals surface area contributed by atoms with Crippen LogP contribution in [-0.2, 0) is 0 Å². The highest BCUT2D eigenvalue weighted by Crippen LogP contribution is 2.24. The number of nitrogens with two attached hydrogens (primary N) is 1. The van der Waals surface area contributed by atoms with Crippen molar-refractivity contribution in [2.24, 2.45) is 0 Å². The molecule has 1 aliphatic rings. The van der Waals surface area contributed by atoms with Crippen molar-refractivity contribution in [3.63, 3.8) is 0 Å². The van der Waals surface area contributed by atoms with Crippen LogP contribution in [0.2, 0.25) is 0 Å². The molecule has 1 aromatic heterocycles. The van der Waals surface area contributed by atoms with Crippen LogP contribution in [0.25, 0.3) is 0 Å². The van der Waals surface area contributed by atoms with Gasteiger partial charge in [0.25, 0.3) is 5.91 Å². The topological polar surface area (TPSA) is 75.3 Å². The van der Waals surface area contributed by atoms with E-state index < -0.39 is 0 Å². The number of aliphatic hydroxyl groups excluding tert-OH is 1. The molecule has 1 heterocycles. The standard InChI is InChI=1S/C12H18N2O2S/c1-7-10(13)6-11(17-7)12(16)14-8-2-4-9(15)5-3-8/h6,8-9,15H,2-5,13H2,1H3,(H,14,16). The van der Waals surface area contributed by atoms with Crippen molar-refractivity contribution < 1.29 is 9.90 Å². The highest BCUT2D eigenvalue weighted by atomic mass is 32.1. The van der Waals surface area contributed by atoms with E-state index in [1.807, 2.05) is 6.92 Å². The van der Waals surface area contributed by atoms with Gasteiger partial charge in [-0.1, -0.05) is 0 Å². The number of nitrogens with one attached hydrogen (secondary N) is 1. The van der Waals surface area contributed by atoms with Crippen LogP contribution in [0.4, 0.5) is 5.69 Å². The van der Waals surface area contributed by atoms with Crippen LogP contribution >= 0.6 is 11.3 Å². The minimum Gasteiger partial charge on any atom is -0.398 e. The maximum atomic E-state index is 11.9. The second-order valence-electron chi connectivity index (χ2n) is 4.60. The SMILES string of the molecule is Cc1sc(C(=O)NC2CCC(O)CC2)cc1N. The molecule has 0 radical (unpaired) electrons. The van der Waals surface area contributed by atoms with E-state index in [1.165, 1.54) is 11.3 Å². The van der Waals surface area contributed by atoms with Gasteiger partial charge in [-0.3, -0.25) is 4.79 Å². The summed E-state index contributed by atoms with van der Waals surface area (Å²) in [5.41, 5.74) is 6.41. The molecule has 0 saturated heterocycles. The van der Waals surface area contributed by atoms with Crippen LogP contribution in [-0.4, -0.2) is 23.2 Å². The van der Waals surface area contributed by atoms with Crippen LogP contribution in [0.1, 0.15) is 40.2 Å². The average molecular weight is 254 g/mol. The van der Waals surface area contributed by atoms with Gasteiger partial charge in [0, 0.05) is 16.6 Å². The number of anilines is 1. The molecule has 0 atom stereocenters. The van der Waals surface area contributed by atoms with Gasteiger partial charge in [0.05, 0.1) is 11.0 Å². The van der Waals surface area contributed by atoms with E-state index in [2.05, 4.69) is 5.32 Å². The first-order chi connectivity index (χ1) is 8.06. The van der Waals surface area contributed by atoms with Crippen LogP contribution < -0.4 is 11.1 Å². The zero-order chi connectivity index (χ0) is 12.4. The van der Waals surface area contributed by atoms with E-state index in [9.17, 15) is 9.90 Å². The predicted molar refractivity (Wildman–Crippen MR) is 69.2 cm³/mol. The summed E-state index contributed by atoms with van der Waals surface area (Å²) in [6.07, 6.45) is 3.06. The lowest BCUT2D eigenvalue weighted by Crippen LogP contribution is -2.38. The number of aryl methyl sites for hydroxylation is 1. The molecule has 0 spiro atoms. The van der Waals surface area contributed by atoms with E-state index in [0.29, 0.717) is 10.6 Å².